The molecule has 0 saturated carbocycles. The number of hydrogen-bond donors (Lipinski definition) is 2. The number of carbonyl (C=O) groups excluding carboxylic acids is 1. The first-order valence-corrected chi connectivity index (χ1v) is 6.66. The lowest BCUT2D eigenvalue weighted by Crippen LogP contribution is -2.01. The summed E-state index contributed by atoms with van der Waals surface area (Å²) in [5.74, 6) is -0.0339. The molecule has 0 atom stereocenters. The summed E-state index contributed by atoms with van der Waals surface area (Å²) < 4.78 is 0. The molecule has 1 aromatic heterocycles. The van der Waals surface area contributed by atoms with E-state index in [1.54, 1.807) is 18.3 Å². The largest absolute Gasteiger partial charge is 0.398 e. The second kappa shape index (κ2) is 5.25. The van der Waals surface area contributed by atoms with Crippen molar-refractivity contribution in [1.82, 2.24) is 4.98 Å². The number of nitrogen functional groups attached to an aromatic ring is 1. The molecule has 0 radical (unpaired) electrons. The van der Waals surface area contributed by atoms with E-state index < -0.39 is 0 Å². The van der Waals surface area contributed by atoms with Crippen molar-refractivity contribution in [2.24, 2.45) is 0 Å². The summed E-state index contributed by atoms with van der Waals surface area (Å²) in [5.41, 5.74) is 9.66. The van der Waals surface area contributed by atoms with Crippen molar-refractivity contribution in [2.45, 2.75) is 6.92 Å². The fraction of sp³-hybridized carbons (Fsp3) is 0.0588. The summed E-state index contributed by atoms with van der Waals surface area (Å²) in [6.07, 6.45) is 1.77. The zero-order chi connectivity index (χ0) is 14.8. The Balaban J connectivity index is 1.99. The van der Waals surface area contributed by atoms with Crippen molar-refractivity contribution in [3.63, 3.8) is 0 Å². The van der Waals surface area contributed by atoms with Crippen molar-refractivity contribution < 1.29 is 4.79 Å². The molecular formula is C17H15N3O. The Labute approximate surface area is 122 Å². The molecule has 0 amide bonds. The molecule has 4 nitrogen and oxygen atoms in total. The minimum atomic E-state index is -0.0339. The van der Waals surface area contributed by atoms with Crippen LogP contribution in [-0.2, 0) is 0 Å². The SMILES string of the molecule is CC(=O)c1ccc(Nc2cccc3ncccc23)cc1N. The van der Waals surface area contributed by atoms with Gasteiger partial charge in [-0.3, -0.25) is 9.78 Å². The fourth-order valence-electron chi connectivity index (χ4n) is 2.33. The third-order valence-corrected chi connectivity index (χ3v) is 3.36. The molecule has 4 heteroatoms. The lowest BCUT2D eigenvalue weighted by molar-refractivity contribution is 0.101. The monoisotopic (exact) mass is 277 g/mol. The maximum Gasteiger partial charge on any atom is 0.161 e. The Hall–Kier alpha value is -2.88. The van der Waals surface area contributed by atoms with E-state index in [1.807, 2.05) is 36.4 Å². The lowest BCUT2D eigenvalue weighted by Gasteiger charge is -2.11. The molecule has 21 heavy (non-hydrogen) atoms. The molecule has 0 aliphatic heterocycles. The van der Waals surface area contributed by atoms with Gasteiger partial charge < -0.3 is 11.1 Å². The Morgan fingerprint density at radius 2 is 2.00 bits per heavy atom. The highest BCUT2D eigenvalue weighted by Gasteiger charge is 2.06. The van der Waals surface area contributed by atoms with Crippen LogP contribution in [0, 0.1) is 0 Å². The summed E-state index contributed by atoms with van der Waals surface area (Å²) in [6, 6.07) is 15.2. The van der Waals surface area contributed by atoms with Crippen LogP contribution >= 0.6 is 0 Å². The van der Waals surface area contributed by atoms with Gasteiger partial charge in [0, 0.05) is 34.2 Å². The number of ketones is 1. The van der Waals surface area contributed by atoms with Gasteiger partial charge in [0.15, 0.2) is 5.78 Å². The second-order valence-electron chi connectivity index (χ2n) is 4.86. The summed E-state index contributed by atoms with van der Waals surface area (Å²) in [5, 5.41) is 4.36. The van der Waals surface area contributed by atoms with Crippen LogP contribution in [0.5, 0.6) is 0 Å². The number of benzene rings is 2. The van der Waals surface area contributed by atoms with Crippen molar-refractivity contribution >= 4 is 33.7 Å². The van der Waals surface area contributed by atoms with Crippen LogP contribution in [0.2, 0.25) is 0 Å². The number of carbonyl (C=O) groups is 1. The minimum absolute atomic E-state index is 0.0339. The Kier molecular flexibility index (Phi) is 3.28. The molecule has 0 aliphatic carbocycles. The van der Waals surface area contributed by atoms with Crippen molar-refractivity contribution in [3.05, 3.63) is 60.3 Å². The standard InChI is InChI=1S/C17H15N3O/c1-11(21)13-8-7-12(10-15(13)18)20-17-6-2-5-16-14(17)4-3-9-19-16/h2-10,20H,18H2,1H3. The third kappa shape index (κ3) is 2.56. The van der Waals surface area contributed by atoms with E-state index >= 15 is 0 Å². The van der Waals surface area contributed by atoms with E-state index in [-0.39, 0.29) is 5.78 Å². The molecule has 1 heterocycles. The quantitative estimate of drug-likeness (QED) is 0.565. The van der Waals surface area contributed by atoms with Gasteiger partial charge in [-0.25, -0.2) is 0 Å². The molecule has 0 spiro atoms. The molecule has 2 aromatic carbocycles. The zero-order valence-corrected chi connectivity index (χ0v) is 11.6. The molecule has 0 bridgehead atoms. The number of hydrogen-bond acceptors (Lipinski definition) is 4. The lowest BCUT2D eigenvalue weighted by atomic mass is 10.1. The average Bonchev–Trinajstić information content (AvgIpc) is 2.47. The van der Waals surface area contributed by atoms with Gasteiger partial charge in [-0.15, -0.1) is 0 Å². The number of rotatable bonds is 3. The minimum Gasteiger partial charge on any atom is -0.398 e. The van der Waals surface area contributed by atoms with E-state index in [0.29, 0.717) is 11.3 Å². The fourth-order valence-corrected chi connectivity index (χ4v) is 2.33. The van der Waals surface area contributed by atoms with E-state index in [2.05, 4.69) is 10.3 Å². The first-order valence-electron chi connectivity index (χ1n) is 6.66. The van der Waals surface area contributed by atoms with E-state index in [0.717, 1.165) is 22.3 Å². The first kappa shape index (κ1) is 13.1. The van der Waals surface area contributed by atoms with Gasteiger partial charge >= 0.3 is 0 Å². The van der Waals surface area contributed by atoms with Crippen molar-refractivity contribution in [2.75, 3.05) is 11.1 Å². The van der Waals surface area contributed by atoms with Crippen LogP contribution in [0.1, 0.15) is 17.3 Å². The van der Waals surface area contributed by atoms with Crippen molar-refractivity contribution in [1.29, 1.82) is 0 Å². The van der Waals surface area contributed by atoms with Gasteiger partial charge in [-0.05, 0) is 49.4 Å². The molecule has 0 aliphatic rings. The third-order valence-electron chi connectivity index (χ3n) is 3.36. The number of nitrogens with one attached hydrogen (secondary N) is 1. The van der Waals surface area contributed by atoms with E-state index in [1.165, 1.54) is 6.92 Å². The first-order chi connectivity index (χ1) is 10.1. The Bertz CT molecular complexity index is 822. The summed E-state index contributed by atoms with van der Waals surface area (Å²) >= 11 is 0. The van der Waals surface area contributed by atoms with Crippen molar-refractivity contribution in [3.8, 4) is 0 Å². The number of nitrogens with two attached hydrogens (primary N) is 1. The Morgan fingerprint density at radius 1 is 1.14 bits per heavy atom. The summed E-state index contributed by atoms with van der Waals surface area (Å²) in [7, 11) is 0. The average molecular weight is 277 g/mol. The number of aromatic nitrogens is 1. The predicted molar refractivity (Wildman–Crippen MR) is 85.9 cm³/mol. The zero-order valence-electron chi connectivity index (χ0n) is 11.6. The van der Waals surface area contributed by atoms with Gasteiger partial charge in [0.05, 0.1) is 5.52 Å². The number of anilines is 3. The summed E-state index contributed by atoms with van der Waals surface area (Å²) in [4.78, 5) is 15.7. The predicted octanol–water partition coefficient (Wildman–Crippen LogP) is 3.76. The van der Waals surface area contributed by atoms with Gasteiger partial charge in [0.25, 0.3) is 0 Å². The number of fused-ring (bicyclic) bond motifs is 1. The highest BCUT2D eigenvalue weighted by molar-refractivity contribution is 6.00. The Morgan fingerprint density at radius 3 is 2.76 bits per heavy atom. The number of Topliss-reactive ketones (excluding diaryl/α,β-unsaturated/α-hetero) is 1. The van der Waals surface area contributed by atoms with Gasteiger partial charge in [0.2, 0.25) is 0 Å². The van der Waals surface area contributed by atoms with Gasteiger partial charge in [-0.2, -0.15) is 0 Å². The summed E-state index contributed by atoms with van der Waals surface area (Å²) in [6.45, 7) is 1.51. The smallest absolute Gasteiger partial charge is 0.161 e. The number of nitrogens with zero attached hydrogens (tertiary/aromatic N) is 1. The number of pyridine rings is 1. The maximum absolute atomic E-state index is 11.4. The molecule has 3 aromatic rings. The van der Waals surface area contributed by atoms with Crippen LogP contribution in [0.25, 0.3) is 10.9 Å². The van der Waals surface area contributed by atoms with Crippen LogP contribution in [0.3, 0.4) is 0 Å². The van der Waals surface area contributed by atoms with Crippen LogP contribution in [-0.4, -0.2) is 10.8 Å². The molecule has 3 N–H and O–H groups in total. The normalized spacial score (nSPS) is 10.5. The molecule has 0 saturated heterocycles. The second-order valence-corrected chi connectivity index (χ2v) is 4.86. The molecule has 0 unspecified atom stereocenters. The van der Waals surface area contributed by atoms with Crippen LogP contribution in [0.15, 0.2) is 54.7 Å². The van der Waals surface area contributed by atoms with E-state index in [4.69, 9.17) is 5.73 Å². The maximum atomic E-state index is 11.4. The van der Waals surface area contributed by atoms with Gasteiger partial charge in [0.1, 0.15) is 0 Å². The van der Waals surface area contributed by atoms with Crippen LogP contribution < -0.4 is 11.1 Å². The molecular weight excluding hydrogens is 262 g/mol. The van der Waals surface area contributed by atoms with E-state index in [9.17, 15) is 4.79 Å². The van der Waals surface area contributed by atoms with Crippen LogP contribution in [0.4, 0.5) is 17.1 Å². The topological polar surface area (TPSA) is 68.0 Å². The highest BCUT2D eigenvalue weighted by atomic mass is 16.1. The van der Waals surface area contributed by atoms with Gasteiger partial charge in [-0.1, -0.05) is 6.07 Å². The molecule has 0 fully saturated rings. The highest BCUT2D eigenvalue weighted by Crippen LogP contribution is 2.27. The molecule has 3 rings (SSSR count). The molecule has 104 valence electrons.